The van der Waals surface area contributed by atoms with Crippen LogP contribution in [-0.2, 0) is 4.74 Å². The number of carbonyl (C=O) groups excluding carboxylic acids is 1. The molecule has 0 spiro atoms. The van der Waals surface area contributed by atoms with Crippen molar-refractivity contribution in [1.29, 1.82) is 0 Å². The molecule has 0 saturated heterocycles. The van der Waals surface area contributed by atoms with Crippen LogP contribution in [0.1, 0.15) is 21.6 Å². The Bertz CT molecular complexity index is 734. The maximum absolute atomic E-state index is 12.2. The van der Waals surface area contributed by atoms with Crippen molar-refractivity contribution >= 4 is 17.6 Å². The van der Waals surface area contributed by atoms with E-state index in [0.29, 0.717) is 5.69 Å². The molecule has 0 bridgehead atoms. The van der Waals surface area contributed by atoms with Crippen molar-refractivity contribution in [2.24, 2.45) is 0 Å². The van der Waals surface area contributed by atoms with Crippen LogP contribution in [0, 0.1) is 13.8 Å². The first kappa shape index (κ1) is 14.3. The van der Waals surface area contributed by atoms with Crippen molar-refractivity contribution in [3.8, 4) is 5.69 Å². The fourth-order valence-electron chi connectivity index (χ4n) is 2.16. The molecule has 1 heterocycles. The summed E-state index contributed by atoms with van der Waals surface area (Å²) in [6, 6.07) is 8.66. The van der Waals surface area contributed by atoms with Gasteiger partial charge in [0, 0.05) is 11.8 Å². The average molecular weight is 292 g/mol. The Balaban J connectivity index is 2.82. The summed E-state index contributed by atoms with van der Waals surface area (Å²) in [6.45, 7) is 3.57. The number of ether oxygens (including phenoxy) is 1. The molecule has 0 aliphatic carbocycles. The first-order valence-electron chi connectivity index (χ1n) is 6.04. The lowest BCUT2D eigenvalue weighted by Crippen LogP contribution is -2.24. The molecule has 0 unspecified atom stereocenters. The van der Waals surface area contributed by atoms with E-state index < -0.39 is 5.97 Å². The van der Waals surface area contributed by atoms with Gasteiger partial charge in [0.1, 0.15) is 0 Å². The molecule has 2 aromatic rings. The van der Waals surface area contributed by atoms with Gasteiger partial charge in [-0.2, -0.15) is 0 Å². The quantitative estimate of drug-likeness (QED) is 0.799. The number of esters is 1. The fourth-order valence-corrected chi connectivity index (χ4v) is 2.46. The van der Waals surface area contributed by atoms with E-state index >= 15 is 0 Å². The van der Waals surface area contributed by atoms with Gasteiger partial charge in [0.25, 0.3) is 5.56 Å². The summed E-state index contributed by atoms with van der Waals surface area (Å²) in [5.41, 5.74) is 2.03. The van der Waals surface area contributed by atoms with Crippen molar-refractivity contribution in [3.05, 3.63) is 62.5 Å². The largest absolute Gasteiger partial charge is 0.465 e. The van der Waals surface area contributed by atoms with Gasteiger partial charge in [-0.1, -0.05) is 29.8 Å². The van der Waals surface area contributed by atoms with E-state index in [1.807, 2.05) is 31.2 Å². The van der Waals surface area contributed by atoms with Crippen molar-refractivity contribution in [2.75, 3.05) is 7.11 Å². The number of aromatic nitrogens is 1. The SMILES string of the molecule is COC(=O)c1c(Cl)cc(=O)n(-c2ccccc2C)c1C. The molecular weight excluding hydrogens is 278 g/mol. The van der Waals surface area contributed by atoms with Crippen LogP contribution in [0.2, 0.25) is 5.02 Å². The summed E-state index contributed by atoms with van der Waals surface area (Å²) in [5.74, 6) is -0.560. The molecule has 20 heavy (non-hydrogen) atoms. The topological polar surface area (TPSA) is 48.3 Å². The second-order valence-corrected chi connectivity index (χ2v) is 4.81. The molecule has 0 atom stereocenters. The van der Waals surface area contributed by atoms with E-state index in [1.165, 1.54) is 17.7 Å². The van der Waals surface area contributed by atoms with Crippen molar-refractivity contribution in [3.63, 3.8) is 0 Å². The highest BCUT2D eigenvalue weighted by atomic mass is 35.5. The Labute approximate surface area is 121 Å². The zero-order chi connectivity index (χ0) is 14.9. The zero-order valence-electron chi connectivity index (χ0n) is 11.4. The fraction of sp³-hybridized carbons (Fsp3) is 0.200. The van der Waals surface area contributed by atoms with E-state index in [1.54, 1.807) is 6.92 Å². The maximum atomic E-state index is 12.2. The molecule has 4 nitrogen and oxygen atoms in total. The first-order chi connectivity index (χ1) is 9.47. The van der Waals surface area contributed by atoms with Crippen LogP contribution in [0.15, 0.2) is 35.1 Å². The highest BCUT2D eigenvalue weighted by Gasteiger charge is 2.19. The van der Waals surface area contributed by atoms with Gasteiger partial charge in [-0.3, -0.25) is 9.36 Å². The predicted molar refractivity (Wildman–Crippen MR) is 77.9 cm³/mol. The third-order valence-electron chi connectivity index (χ3n) is 3.15. The number of halogens is 1. The molecule has 0 aliphatic heterocycles. The van der Waals surface area contributed by atoms with Gasteiger partial charge in [-0.05, 0) is 25.5 Å². The van der Waals surface area contributed by atoms with E-state index in [-0.39, 0.29) is 16.1 Å². The summed E-state index contributed by atoms with van der Waals surface area (Å²) < 4.78 is 6.19. The molecular formula is C15H14ClNO3. The predicted octanol–water partition coefficient (Wildman–Crippen LogP) is 2.89. The average Bonchev–Trinajstić information content (AvgIpc) is 2.40. The molecule has 0 N–H and O–H groups in total. The van der Waals surface area contributed by atoms with Crippen molar-refractivity contribution in [1.82, 2.24) is 4.57 Å². The second-order valence-electron chi connectivity index (χ2n) is 4.40. The Morgan fingerprint density at radius 2 is 1.90 bits per heavy atom. The monoisotopic (exact) mass is 291 g/mol. The Hall–Kier alpha value is -2.07. The van der Waals surface area contributed by atoms with Crippen molar-refractivity contribution in [2.45, 2.75) is 13.8 Å². The minimum Gasteiger partial charge on any atom is -0.465 e. The number of rotatable bonds is 2. The highest BCUT2D eigenvalue weighted by Crippen LogP contribution is 2.22. The lowest BCUT2D eigenvalue weighted by atomic mass is 10.1. The van der Waals surface area contributed by atoms with Gasteiger partial charge in [-0.15, -0.1) is 0 Å². The molecule has 104 valence electrons. The summed E-state index contributed by atoms with van der Waals surface area (Å²) in [6.07, 6.45) is 0. The van der Waals surface area contributed by atoms with Crippen LogP contribution < -0.4 is 5.56 Å². The minimum absolute atomic E-state index is 0.101. The molecule has 5 heteroatoms. The Morgan fingerprint density at radius 3 is 2.50 bits per heavy atom. The number of hydrogen-bond donors (Lipinski definition) is 0. The highest BCUT2D eigenvalue weighted by molar-refractivity contribution is 6.33. The molecule has 2 rings (SSSR count). The van der Waals surface area contributed by atoms with E-state index in [0.717, 1.165) is 11.3 Å². The van der Waals surface area contributed by atoms with Gasteiger partial charge in [0.05, 0.1) is 23.4 Å². The molecule has 0 radical (unpaired) electrons. The molecule has 0 amide bonds. The van der Waals surface area contributed by atoms with E-state index in [4.69, 9.17) is 16.3 Å². The maximum Gasteiger partial charge on any atom is 0.341 e. The standard InChI is InChI=1S/C15H14ClNO3/c1-9-6-4-5-7-12(9)17-10(2)14(15(19)20-3)11(16)8-13(17)18/h4-8H,1-3H3. The smallest absolute Gasteiger partial charge is 0.341 e. The first-order valence-corrected chi connectivity index (χ1v) is 6.41. The van der Waals surface area contributed by atoms with Gasteiger partial charge in [-0.25, -0.2) is 4.79 Å². The number of pyridine rings is 1. The number of para-hydroxylation sites is 1. The molecule has 1 aromatic heterocycles. The van der Waals surface area contributed by atoms with E-state index in [9.17, 15) is 9.59 Å². The van der Waals surface area contributed by atoms with Crippen LogP contribution in [0.3, 0.4) is 0 Å². The molecule has 0 aliphatic rings. The van der Waals surface area contributed by atoms with Gasteiger partial charge < -0.3 is 4.74 Å². The van der Waals surface area contributed by atoms with E-state index in [2.05, 4.69) is 0 Å². The number of nitrogens with zero attached hydrogens (tertiary/aromatic N) is 1. The van der Waals surface area contributed by atoms with Crippen LogP contribution in [-0.4, -0.2) is 17.6 Å². The summed E-state index contributed by atoms with van der Waals surface area (Å²) in [4.78, 5) is 24.0. The van der Waals surface area contributed by atoms with Crippen LogP contribution >= 0.6 is 11.6 Å². The third kappa shape index (κ3) is 2.34. The van der Waals surface area contributed by atoms with Crippen LogP contribution in [0.4, 0.5) is 0 Å². The lowest BCUT2D eigenvalue weighted by molar-refractivity contribution is 0.0599. The third-order valence-corrected chi connectivity index (χ3v) is 3.45. The number of aryl methyl sites for hydroxylation is 1. The van der Waals surface area contributed by atoms with Crippen LogP contribution in [0.25, 0.3) is 5.69 Å². The number of hydrogen-bond acceptors (Lipinski definition) is 3. The van der Waals surface area contributed by atoms with Crippen LogP contribution in [0.5, 0.6) is 0 Å². The summed E-state index contributed by atoms with van der Waals surface area (Å²) >= 11 is 5.99. The normalized spacial score (nSPS) is 10.4. The minimum atomic E-state index is -0.560. The number of carbonyl (C=O) groups is 1. The van der Waals surface area contributed by atoms with Crippen molar-refractivity contribution < 1.29 is 9.53 Å². The Kier molecular flexibility index (Phi) is 3.95. The van der Waals surface area contributed by atoms with Gasteiger partial charge in [0.2, 0.25) is 0 Å². The molecule has 0 fully saturated rings. The number of methoxy groups -OCH3 is 1. The number of benzene rings is 1. The molecule has 0 saturated carbocycles. The Morgan fingerprint density at radius 1 is 1.25 bits per heavy atom. The lowest BCUT2D eigenvalue weighted by Gasteiger charge is -2.15. The second kappa shape index (κ2) is 5.51. The molecule has 1 aromatic carbocycles. The summed E-state index contributed by atoms with van der Waals surface area (Å²) in [5, 5.41) is 0.101. The van der Waals surface area contributed by atoms with Gasteiger partial charge >= 0.3 is 5.97 Å². The summed E-state index contributed by atoms with van der Waals surface area (Å²) in [7, 11) is 1.28. The zero-order valence-corrected chi connectivity index (χ0v) is 12.2. The van der Waals surface area contributed by atoms with Gasteiger partial charge in [0.15, 0.2) is 0 Å².